The van der Waals surface area contributed by atoms with E-state index in [0.29, 0.717) is 11.4 Å². The lowest BCUT2D eigenvalue weighted by Gasteiger charge is -2.04. The quantitative estimate of drug-likeness (QED) is 0.503. The first kappa shape index (κ1) is 16.4. The number of aromatic amines is 1. The fourth-order valence-electron chi connectivity index (χ4n) is 2.71. The highest BCUT2D eigenvalue weighted by molar-refractivity contribution is 9.10. The van der Waals surface area contributed by atoms with Crippen LogP contribution in [0.2, 0.25) is 0 Å². The normalized spacial score (nSPS) is 10.8. The SMILES string of the molecule is COc1ccccc1-c1cc(NC(=O)c2cc3cccc(Br)c3o2)n[nH]1. The Balaban J connectivity index is 1.58. The molecule has 0 aliphatic heterocycles. The lowest BCUT2D eigenvalue weighted by atomic mass is 10.1. The van der Waals surface area contributed by atoms with Gasteiger partial charge in [-0.1, -0.05) is 24.3 Å². The Morgan fingerprint density at radius 2 is 2.04 bits per heavy atom. The molecule has 0 bridgehead atoms. The molecular formula is C19H14BrN3O3. The maximum Gasteiger partial charge on any atom is 0.292 e. The number of anilines is 1. The summed E-state index contributed by atoms with van der Waals surface area (Å²) in [7, 11) is 1.61. The van der Waals surface area contributed by atoms with Crippen molar-refractivity contribution >= 4 is 38.6 Å². The van der Waals surface area contributed by atoms with Crippen LogP contribution in [0.5, 0.6) is 5.75 Å². The Morgan fingerprint density at radius 1 is 1.19 bits per heavy atom. The van der Waals surface area contributed by atoms with Crippen LogP contribution >= 0.6 is 15.9 Å². The summed E-state index contributed by atoms with van der Waals surface area (Å²) in [4.78, 5) is 12.5. The van der Waals surface area contributed by atoms with E-state index < -0.39 is 0 Å². The van der Waals surface area contributed by atoms with Crippen molar-refractivity contribution in [3.8, 4) is 17.0 Å². The van der Waals surface area contributed by atoms with E-state index in [4.69, 9.17) is 9.15 Å². The number of hydrogen-bond donors (Lipinski definition) is 2. The van der Waals surface area contributed by atoms with E-state index in [2.05, 4.69) is 31.4 Å². The van der Waals surface area contributed by atoms with Crippen molar-refractivity contribution < 1.29 is 13.9 Å². The molecule has 0 spiro atoms. The van der Waals surface area contributed by atoms with Gasteiger partial charge < -0.3 is 14.5 Å². The molecule has 4 aromatic rings. The van der Waals surface area contributed by atoms with E-state index in [1.807, 2.05) is 42.5 Å². The summed E-state index contributed by atoms with van der Waals surface area (Å²) in [5.41, 5.74) is 2.23. The van der Waals surface area contributed by atoms with Gasteiger partial charge in [-0.3, -0.25) is 9.89 Å². The molecule has 7 heteroatoms. The zero-order valence-corrected chi connectivity index (χ0v) is 15.3. The average Bonchev–Trinajstić information content (AvgIpc) is 3.29. The van der Waals surface area contributed by atoms with Crippen LogP contribution in [0.4, 0.5) is 5.82 Å². The van der Waals surface area contributed by atoms with Crippen LogP contribution in [0.15, 0.2) is 63.5 Å². The minimum Gasteiger partial charge on any atom is -0.496 e. The lowest BCUT2D eigenvalue weighted by Crippen LogP contribution is -2.10. The summed E-state index contributed by atoms with van der Waals surface area (Å²) >= 11 is 3.41. The monoisotopic (exact) mass is 411 g/mol. The second-order valence-corrected chi connectivity index (χ2v) is 6.44. The minimum absolute atomic E-state index is 0.216. The third-order valence-corrected chi connectivity index (χ3v) is 4.56. The molecule has 0 atom stereocenters. The van der Waals surface area contributed by atoms with E-state index in [1.54, 1.807) is 19.2 Å². The third kappa shape index (κ3) is 2.97. The van der Waals surface area contributed by atoms with Gasteiger partial charge in [0.25, 0.3) is 5.91 Å². The van der Waals surface area contributed by atoms with Crippen LogP contribution in [-0.2, 0) is 0 Å². The topological polar surface area (TPSA) is 80.2 Å². The number of fused-ring (bicyclic) bond motifs is 1. The van der Waals surface area contributed by atoms with Crippen LogP contribution in [0, 0.1) is 0 Å². The van der Waals surface area contributed by atoms with Crippen molar-refractivity contribution in [2.45, 2.75) is 0 Å². The number of hydrogen-bond acceptors (Lipinski definition) is 4. The average molecular weight is 412 g/mol. The van der Waals surface area contributed by atoms with Crippen LogP contribution < -0.4 is 10.1 Å². The van der Waals surface area contributed by atoms with E-state index >= 15 is 0 Å². The minimum atomic E-state index is -0.369. The van der Waals surface area contributed by atoms with Crippen LogP contribution in [0.1, 0.15) is 10.6 Å². The number of nitrogens with one attached hydrogen (secondary N) is 2. The molecule has 0 aliphatic carbocycles. The van der Waals surface area contributed by atoms with Crippen molar-refractivity contribution in [3.05, 3.63) is 64.8 Å². The number of furan rings is 1. The first-order valence-electron chi connectivity index (χ1n) is 7.84. The molecule has 130 valence electrons. The summed E-state index contributed by atoms with van der Waals surface area (Å²) in [6.07, 6.45) is 0. The second-order valence-electron chi connectivity index (χ2n) is 5.59. The Labute approximate surface area is 157 Å². The standard InChI is InChI=1S/C19H14BrN3O3/c1-25-15-8-3-2-6-12(15)14-10-17(23-22-14)21-19(24)16-9-11-5-4-7-13(20)18(11)26-16/h2-10H,1H3,(H2,21,22,23,24). The van der Waals surface area contributed by atoms with Crippen molar-refractivity contribution in [1.82, 2.24) is 10.2 Å². The number of benzene rings is 2. The van der Waals surface area contributed by atoms with Crippen molar-refractivity contribution in [2.75, 3.05) is 12.4 Å². The molecule has 2 N–H and O–H groups in total. The molecule has 2 aromatic heterocycles. The zero-order valence-electron chi connectivity index (χ0n) is 13.7. The Bertz CT molecular complexity index is 1100. The van der Waals surface area contributed by atoms with Gasteiger partial charge in [0.15, 0.2) is 11.6 Å². The lowest BCUT2D eigenvalue weighted by molar-refractivity contribution is 0.0998. The smallest absolute Gasteiger partial charge is 0.292 e. The predicted molar refractivity (Wildman–Crippen MR) is 102 cm³/mol. The molecule has 2 heterocycles. The molecule has 1 amide bonds. The van der Waals surface area contributed by atoms with E-state index in [0.717, 1.165) is 26.9 Å². The van der Waals surface area contributed by atoms with Crippen molar-refractivity contribution in [2.24, 2.45) is 0 Å². The molecular weight excluding hydrogens is 398 g/mol. The van der Waals surface area contributed by atoms with E-state index in [1.165, 1.54) is 0 Å². The molecule has 2 aromatic carbocycles. The van der Waals surface area contributed by atoms with Crippen molar-refractivity contribution in [1.29, 1.82) is 0 Å². The highest BCUT2D eigenvalue weighted by atomic mass is 79.9. The molecule has 4 rings (SSSR count). The molecule has 0 fully saturated rings. The van der Waals surface area contributed by atoms with Gasteiger partial charge in [0.1, 0.15) is 11.3 Å². The van der Waals surface area contributed by atoms with Crippen LogP contribution in [-0.4, -0.2) is 23.2 Å². The van der Waals surface area contributed by atoms with Gasteiger partial charge in [0, 0.05) is 17.0 Å². The number of amides is 1. The van der Waals surface area contributed by atoms with Gasteiger partial charge in [-0.15, -0.1) is 0 Å². The van der Waals surface area contributed by atoms with Gasteiger partial charge >= 0.3 is 0 Å². The molecule has 0 aliphatic rings. The Morgan fingerprint density at radius 3 is 2.85 bits per heavy atom. The predicted octanol–water partition coefficient (Wildman–Crippen LogP) is 4.85. The number of aromatic nitrogens is 2. The first-order chi connectivity index (χ1) is 12.7. The highest BCUT2D eigenvalue weighted by Gasteiger charge is 2.16. The van der Waals surface area contributed by atoms with Crippen LogP contribution in [0.3, 0.4) is 0 Å². The molecule has 0 saturated heterocycles. The third-order valence-electron chi connectivity index (χ3n) is 3.94. The molecule has 26 heavy (non-hydrogen) atoms. The summed E-state index contributed by atoms with van der Waals surface area (Å²) in [6, 6.07) is 16.6. The molecule has 6 nitrogen and oxygen atoms in total. The number of nitrogens with zero attached hydrogens (tertiary/aromatic N) is 1. The summed E-state index contributed by atoms with van der Waals surface area (Å²) in [5, 5.41) is 10.6. The maximum absolute atomic E-state index is 12.5. The summed E-state index contributed by atoms with van der Waals surface area (Å²) in [5.74, 6) is 0.964. The van der Waals surface area contributed by atoms with Crippen molar-refractivity contribution in [3.63, 3.8) is 0 Å². The Kier molecular flexibility index (Phi) is 4.22. The number of para-hydroxylation sites is 2. The molecule has 0 radical (unpaired) electrons. The second kappa shape index (κ2) is 6.68. The van der Waals surface area contributed by atoms with Gasteiger partial charge in [0.05, 0.1) is 17.3 Å². The summed E-state index contributed by atoms with van der Waals surface area (Å²) < 4.78 is 11.8. The molecule has 0 saturated carbocycles. The number of rotatable bonds is 4. The van der Waals surface area contributed by atoms with E-state index in [-0.39, 0.29) is 11.7 Å². The van der Waals surface area contributed by atoms with Crippen LogP contribution in [0.25, 0.3) is 22.2 Å². The largest absolute Gasteiger partial charge is 0.496 e. The number of carbonyl (C=O) groups is 1. The fourth-order valence-corrected chi connectivity index (χ4v) is 3.17. The van der Waals surface area contributed by atoms with Gasteiger partial charge in [-0.2, -0.15) is 5.10 Å². The van der Waals surface area contributed by atoms with E-state index in [9.17, 15) is 4.79 Å². The number of H-pyrrole nitrogens is 1. The number of carbonyl (C=O) groups excluding carboxylic acids is 1. The molecule has 0 unspecified atom stereocenters. The number of halogens is 1. The summed E-state index contributed by atoms with van der Waals surface area (Å²) in [6.45, 7) is 0. The zero-order chi connectivity index (χ0) is 18.1. The number of ether oxygens (including phenoxy) is 1. The highest BCUT2D eigenvalue weighted by Crippen LogP contribution is 2.30. The number of methoxy groups -OCH3 is 1. The van der Waals surface area contributed by atoms with Gasteiger partial charge in [0.2, 0.25) is 0 Å². The fraction of sp³-hybridized carbons (Fsp3) is 0.0526. The maximum atomic E-state index is 12.5. The van der Waals surface area contributed by atoms with Gasteiger partial charge in [-0.25, -0.2) is 0 Å². The Hall–Kier alpha value is -3.06. The first-order valence-corrected chi connectivity index (χ1v) is 8.63. The van der Waals surface area contributed by atoms with Gasteiger partial charge in [-0.05, 0) is 40.2 Å².